The first-order chi connectivity index (χ1) is 20.6. The van der Waals surface area contributed by atoms with Crippen molar-refractivity contribution >= 4 is 34.4 Å². The van der Waals surface area contributed by atoms with E-state index in [1.165, 1.54) is 47.0 Å². The van der Waals surface area contributed by atoms with Gasteiger partial charge in [0.1, 0.15) is 12.1 Å². The summed E-state index contributed by atoms with van der Waals surface area (Å²) in [6.07, 6.45) is -1.87. The van der Waals surface area contributed by atoms with Gasteiger partial charge in [0.15, 0.2) is 11.0 Å². The lowest BCUT2D eigenvalue weighted by Gasteiger charge is -2.21. The number of alkyl halides is 3. The van der Waals surface area contributed by atoms with Gasteiger partial charge in [0.2, 0.25) is 11.8 Å². The standard InChI is InChI=1S/C31H28F3N5O3S/c1-20(2)25-10-3-4-11-26(25)39-28(41)18-43-30(39)36-27(40)12-6-8-21-7-5-9-22(17-21)29-35-19-38(37-29)23-13-15-24(16-14-23)42-31(32,33)34/h3-5,7,9-11,13-17,19-20H,6,8,12,18H2,1-2H3. The molecule has 222 valence electrons. The number of aliphatic imine (C=N–C) groups is 1. The number of anilines is 1. The molecule has 1 saturated heterocycles. The first-order valence-corrected chi connectivity index (χ1v) is 14.6. The molecule has 0 spiro atoms. The Morgan fingerprint density at radius 2 is 1.84 bits per heavy atom. The normalized spacial score (nSPS) is 14.6. The minimum atomic E-state index is -4.76. The molecule has 0 N–H and O–H groups in total. The number of carbonyl (C=O) groups excluding carboxylic acids is 2. The van der Waals surface area contributed by atoms with E-state index in [1.54, 1.807) is 4.90 Å². The molecule has 2 amide bonds. The summed E-state index contributed by atoms with van der Waals surface area (Å²) in [5.41, 5.74) is 4.06. The van der Waals surface area contributed by atoms with Crippen LogP contribution in [0.5, 0.6) is 5.75 Å². The fraction of sp³-hybridized carbons (Fsp3) is 0.258. The number of thioether (sulfide) groups is 1. The number of para-hydroxylation sites is 1. The number of aryl methyl sites for hydroxylation is 1. The Balaban J connectivity index is 1.20. The van der Waals surface area contributed by atoms with Gasteiger partial charge >= 0.3 is 6.36 Å². The van der Waals surface area contributed by atoms with E-state index in [1.807, 2.05) is 48.5 Å². The lowest BCUT2D eigenvalue weighted by molar-refractivity contribution is -0.274. The molecule has 5 rings (SSSR count). The molecule has 0 aliphatic carbocycles. The fourth-order valence-electron chi connectivity index (χ4n) is 4.65. The molecule has 4 aromatic rings. The second-order valence-electron chi connectivity index (χ2n) is 10.1. The van der Waals surface area contributed by atoms with Gasteiger partial charge in [-0.2, -0.15) is 4.99 Å². The second-order valence-corrected chi connectivity index (χ2v) is 11.1. The summed E-state index contributed by atoms with van der Waals surface area (Å²) in [6, 6.07) is 20.6. The number of carbonyl (C=O) groups is 2. The van der Waals surface area contributed by atoms with Gasteiger partial charge in [-0.25, -0.2) is 9.67 Å². The van der Waals surface area contributed by atoms with Crippen LogP contribution < -0.4 is 9.64 Å². The summed E-state index contributed by atoms with van der Waals surface area (Å²) < 4.78 is 42.6. The zero-order valence-electron chi connectivity index (χ0n) is 23.4. The Bertz CT molecular complexity index is 1650. The Kier molecular flexibility index (Phi) is 8.95. The van der Waals surface area contributed by atoms with E-state index in [0.717, 1.165) is 22.4 Å². The number of benzene rings is 3. The maximum absolute atomic E-state index is 12.8. The SMILES string of the molecule is CC(C)c1ccccc1N1C(=O)CSC1=NC(=O)CCCc1cccc(-c2ncn(-c3ccc(OC(F)(F)F)cc3)n2)c1. The van der Waals surface area contributed by atoms with Crippen molar-refractivity contribution in [3.05, 3.63) is 90.3 Å². The molecule has 12 heteroatoms. The first kappa shape index (κ1) is 30.0. The molecule has 1 aromatic heterocycles. The lowest BCUT2D eigenvalue weighted by Crippen LogP contribution is -2.31. The highest BCUT2D eigenvalue weighted by molar-refractivity contribution is 8.15. The monoisotopic (exact) mass is 607 g/mol. The number of rotatable bonds is 9. The molecule has 1 aliphatic rings. The number of amides is 2. The zero-order valence-corrected chi connectivity index (χ0v) is 24.2. The van der Waals surface area contributed by atoms with Crippen molar-refractivity contribution in [1.82, 2.24) is 14.8 Å². The minimum Gasteiger partial charge on any atom is -0.406 e. The highest BCUT2D eigenvalue weighted by Gasteiger charge is 2.32. The predicted molar refractivity (Wildman–Crippen MR) is 159 cm³/mol. The van der Waals surface area contributed by atoms with Crippen LogP contribution in [0.25, 0.3) is 17.1 Å². The van der Waals surface area contributed by atoms with Crippen LogP contribution in [0.3, 0.4) is 0 Å². The topological polar surface area (TPSA) is 89.7 Å². The molecule has 0 bridgehead atoms. The summed E-state index contributed by atoms with van der Waals surface area (Å²) >= 11 is 1.27. The maximum Gasteiger partial charge on any atom is 0.573 e. The molecule has 8 nitrogen and oxygen atoms in total. The largest absolute Gasteiger partial charge is 0.573 e. The molecule has 1 aliphatic heterocycles. The number of hydrogen-bond acceptors (Lipinski definition) is 6. The summed E-state index contributed by atoms with van der Waals surface area (Å²) in [7, 11) is 0. The second kappa shape index (κ2) is 12.8. The van der Waals surface area contributed by atoms with Crippen LogP contribution in [0.2, 0.25) is 0 Å². The van der Waals surface area contributed by atoms with Crippen molar-refractivity contribution in [2.24, 2.45) is 4.99 Å². The van der Waals surface area contributed by atoms with Crippen LogP contribution >= 0.6 is 11.8 Å². The molecular weight excluding hydrogens is 579 g/mol. The summed E-state index contributed by atoms with van der Waals surface area (Å²) in [4.78, 5) is 35.7. The number of ether oxygens (including phenoxy) is 1. The third-order valence-electron chi connectivity index (χ3n) is 6.65. The highest BCUT2D eigenvalue weighted by atomic mass is 32.2. The van der Waals surface area contributed by atoms with Crippen LogP contribution in [0.15, 0.2) is 84.1 Å². The molecular formula is C31H28F3N5O3S. The Labute approximate surface area is 250 Å². The molecule has 3 aromatic carbocycles. The van der Waals surface area contributed by atoms with Crippen LogP contribution in [0.4, 0.5) is 18.9 Å². The molecule has 0 radical (unpaired) electrons. The van der Waals surface area contributed by atoms with E-state index in [-0.39, 0.29) is 35.7 Å². The maximum atomic E-state index is 12.8. The van der Waals surface area contributed by atoms with Crippen molar-refractivity contribution in [3.8, 4) is 22.8 Å². The Morgan fingerprint density at radius 1 is 1.07 bits per heavy atom. The third kappa shape index (κ3) is 7.50. The van der Waals surface area contributed by atoms with Crippen LogP contribution in [0, 0.1) is 0 Å². The van der Waals surface area contributed by atoms with E-state index in [4.69, 9.17) is 0 Å². The third-order valence-corrected chi connectivity index (χ3v) is 7.58. The van der Waals surface area contributed by atoms with E-state index < -0.39 is 6.36 Å². The van der Waals surface area contributed by atoms with E-state index in [0.29, 0.717) is 29.5 Å². The molecule has 0 atom stereocenters. The fourth-order valence-corrected chi connectivity index (χ4v) is 5.53. The Hall–Kier alpha value is -4.45. The van der Waals surface area contributed by atoms with Crippen LogP contribution in [0.1, 0.15) is 43.7 Å². The van der Waals surface area contributed by atoms with Gasteiger partial charge in [0, 0.05) is 12.0 Å². The highest BCUT2D eigenvalue weighted by Crippen LogP contribution is 2.33. The van der Waals surface area contributed by atoms with Crippen LogP contribution in [-0.2, 0) is 16.0 Å². The van der Waals surface area contributed by atoms with Gasteiger partial charge in [-0.05, 0) is 66.3 Å². The van der Waals surface area contributed by atoms with Crippen molar-refractivity contribution in [1.29, 1.82) is 0 Å². The Morgan fingerprint density at radius 3 is 2.58 bits per heavy atom. The van der Waals surface area contributed by atoms with Gasteiger partial charge in [0.25, 0.3) is 0 Å². The van der Waals surface area contributed by atoms with Crippen molar-refractivity contribution in [2.75, 3.05) is 10.7 Å². The van der Waals surface area contributed by atoms with Crippen molar-refractivity contribution in [2.45, 2.75) is 45.4 Å². The average Bonchev–Trinajstić information content (AvgIpc) is 3.60. The van der Waals surface area contributed by atoms with Crippen LogP contribution in [-0.4, -0.2) is 43.9 Å². The smallest absolute Gasteiger partial charge is 0.406 e. The van der Waals surface area contributed by atoms with E-state index >= 15 is 0 Å². The quantitative estimate of drug-likeness (QED) is 0.205. The lowest BCUT2D eigenvalue weighted by atomic mass is 10.0. The predicted octanol–water partition coefficient (Wildman–Crippen LogP) is 6.94. The van der Waals surface area contributed by atoms with Crippen molar-refractivity contribution < 1.29 is 27.5 Å². The van der Waals surface area contributed by atoms with Gasteiger partial charge in [-0.15, -0.1) is 18.3 Å². The first-order valence-electron chi connectivity index (χ1n) is 13.6. The molecule has 1 fully saturated rings. The number of nitrogens with zero attached hydrogens (tertiary/aromatic N) is 5. The zero-order chi connectivity index (χ0) is 30.6. The number of aromatic nitrogens is 3. The van der Waals surface area contributed by atoms with E-state index in [9.17, 15) is 22.8 Å². The number of halogens is 3. The summed E-state index contributed by atoms with van der Waals surface area (Å²) in [5.74, 6) is 0.201. The molecule has 43 heavy (non-hydrogen) atoms. The molecule has 0 unspecified atom stereocenters. The summed E-state index contributed by atoms with van der Waals surface area (Å²) in [6.45, 7) is 4.12. The minimum absolute atomic E-state index is 0.0926. The number of hydrogen-bond donors (Lipinski definition) is 0. The van der Waals surface area contributed by atoms with Gasteiger partial charge in [-0.1, -0.05) is 62.0 Å². The van der Waals surface area contributed by atoms with Gasteiger partial charge in [-0.3, -0.25) is 14.5 Å². The molecule has 2 heterocycles. The average molecular weight is 608 g/mol. The van der Waals surface area contributed by atoms with Gasteiger partial charge in [0.05, 0.1) is 17.1 Å². The van der Waals surface area contributed by atoms with Gasteiger partial charge < -0.3 is 4.74 Å². The number of amidine groups is 1. The van der Waals surface area contributed by atoms with Crippen molar-refractivity contribution in [3.63, 3.8) is 0 Å². The summed E-state index contributed by atoms with van der Waals surface area (Å²) in [5, 5.41) is 4.86. The molecule has 0 saturated carbocycles. The van der Waals surface area contributed by atoms with E-state index in [2.05, 4.69) is 33.7 Å².